The Morgan fingerprint density at radius 3 is 2.70 bits per heavy atom. The SMILES string of the molecule is CCCn1nnc(NC(=O)c2cc3ccccc3cc2OC)n1. The predicted octanol–water partition coefficient (Wildman–Crippen LogP) is 2.50. The Kier molecular flexibility index (Phi) is 4.18. The van der Waals surface area contributed by atoms with Crippen LogP contribution in [0.2, 0.25) is 0 Å². The Bertz CT molecular complexity index is 843. The molecular formula is C16H17N5O2. The van der Waals surface area contributed by atoms with Crippen LogP contribution in [0.5, 0.6) is 5.75 Å². The predicted molar refractivity (Wildman–Crippen MR) is 86.6 cm³/mol. The highest BCUT2D eigenvalue weighted by Crippen LogP contribution is 2.26. The van der Waals surface area contributed by atoms with Crippen molar-refractivity contribution in [2.45, 2.75) is 19.9 Å². The molecule has 7 nitrogen and oxygen atoms in total. The van der Waals surface area contributed by atoms with Crippen molar-refractivity contribution in [3.63, 3.8) is 0 Å². The van der Waals surface area contributed by atoms with Gasteiger partial charge in [0.2, 0.25) is 0 Å². The van der Waals surface area contributed by atoms with Gasteiger partial charge in [0.1, 0.15) is 5.75 Å². The van der Waals surface area contributed by atoms with Gasteiger partial charge in [0, 0.05) is 0 Å². The number of nitrogens with zero attached hydrogens (tertiary/aromatic N) is 4. The zero-order valence-electron chi connectivity index (χ0n) is 13.0. The molecule has 0 spiro atoms. The Morgan fingerprint density at radius 2 is 2.00 bits per heavy atom. The molecule has 0 aliphatic carbocycles. The molecule has 1 N–H and O–H groups in total. The van der Waals surface area contributed by atoms with E-state index in [4.69, 9.17) is 4.74 Å². The highest BCUT2D eigenvalue weighted by atomic mass is 16.5. The van der Waals surface area contributed by atoms with Gasteiger partial charge in [-0.3, -0.25) is 10.1 Å². The fourth-order valence-corrected chi connectivity index (χ4v) is 2.32. The Morgan fingerprint density at radius 1 is 1.26 bits per heavy atom. The monoisotopic (exact) mass is 311 g/mol. The lowest BCUT2D eigenvalue weighted by atomic mass is 10.1. The second-order valence-corrected chi connectivity index (χ2v) is 5.06. The summed E-state index contributed by atoms with van der Waals surface area (Å²) in [6, 6.07) is 11.4. The smallest absolute Gasteiger partial charge is 0.270 e. The summed E-state index contributed by atoms with van der Waals surface area (Å²) in [7, 11) is 1.54. The summed E-state index contributed by atoms with van der Waals surface area (Å²) < 4.78 is 5.33. The number of hydrogen-bond donors (Lipinski definition) is 1. The number of fused-ring (bicyclic) bond motifs is 1. The van der Waals surface area contributed by atoms with E-state index in [1.54, 1.807) is 6.07 Å². The number of anilines is 1. The molecule has 0 unspecified atom stereocenters. The molecule has 3 rings (SSSR count). The van der Waals surface area contributed by atoms with Gasteiger partial charge < -0.3 is 4.74 Å². The molecule has 7 heteroatoms. The molecular weight excluding hydrogens is 294 g/mol. The molecule has 3 aromatic rings. The third-order valence-corrected chi connectivity index (χ3v) is 3.41. The molecule has 1 amide bonds. The van der Waals surface area contributed by atoms with Gasteiger partial charge in [-0.15, -0.1) is 5.10 Å². The lowest BCUT2D eigenvalue weighted by Crippen LogP contribution is -2.14. The first-order valence-corrected chi connectivity index (χ1v) is 7.37. The standard InChI is InChI=1S/C16H17N5O2/c1-3-8-21-19-16(18-20-21)17-15(22)13-9-11-6-4-5-7-12(11)10-14(13)23-2/h4-7,9-10H,3,8H2,1-2H3,(H,17,19,22). The van der Waals surface area contributed by atoms with Gasteiger partial charge in [0.05, 0.1) is 19.2 Å². The van der Waals surface area contributed by atoms with Crippen LogP contribution in [0.25, 0.3) is 10.8 Å². The van der Waals surface area contributed by atoms with Crippen molar-refractivity contribution in [3.05, 3.63) is 42.0 Å². The number of tetrazole rings is 1. The summed E-state index contributed by atoms with van der Waals surface area (Å²) in [5.41, 5.74) is 0.429. The molecule has 118 valence electrons. The Labute approximate surface area is 133 Å². The van der Waals surface area contributed by atoms with Crippen molar-refractivity contribution < 1.29 is 9.53 Å². The van der Waals surface area contributed by atoms with Crippen molar-refractivity contribution in [1.29, 1.82) is 0 Å². The molecule has 0 bridgehead atoms. The third kappa shape index (κ3) is 3.13. The fourth-order valence-electron chi connectivity index (χ4n) is 2.32. The van der Waals surface area contributed by atoms with Gasteiger partial charge in [-0.05, 0) is 34.5 Å². The Balaban J connectivity index is 1.89. The van der Waals surface area contributed by atoms with E-state index in [2.05, 4.69) is 20.7 Å². The van der Waals surface area contributed by atoms with Gasteiger partial charge >= 0.3 is 0 Å². The molecule has 2 aromatic carbocycles. The van der Waals surface area contributed by atoms with Crippen LogP contribution >= 0.6 is 0 Å². The minimum Gasteiger partial charge on any atom is -0.496 e. The van der Waals surface area contributed by atoms with Crippen molar-refractivity contribution in [3.8, 4) is 5.75 Å². The van der Waals surface area contributed by atoms with Gasteiger partial charge in [0.15, 0.2) is 0 Å². The number of aryl methyl sites for hydroxylation is 1. The number of benzene rings is 2. The van der Waals surface area contributed by atoms with Gasteiger partial charge in [0.25, 0.3) is 11.9 Å². The maximum atomic E-state index is 12.5. The summed E-state index contributed by atoms with van der Waals surface area (Å²) >= 11 is 0. The first-order valence-electron chi connectivity index (χ1n) is 7.37. The van der Waals surface area contributed by atoms with Crippen molar-refractivity contribution in [1.82, 2.24) is 20.2 Å². The van der Waals surface area contributed by atoms with Crippen LogP contribution in [0.3, 0.4) is 0 Å². The molecule has 0 atom stereocenters. The maximum absolute atomic E-state index is 12.5. The van der Waals surface area contributed by atoms with E-state index in [1.807, 2.05) is 37.3 Å². The number of rotatable bonds is 5. The lowest BCUT2D eigenvalue weighted by molar-refractivity contribution is 0.102. The third-order valence-electron chi connectivity index (χ3n) is 3.41. The highest BCUT2D eigenvalue weighted by molar-refractivity contribution is 6.08. The summed E-state index contributed by atoms with van der Waals surface area (Å²) in [4.78, 5) is 13.9. The number of ether oxygens (including phenoxy) is 1. The number of aromatic nitrogens is 4. The number of carbonyl (C=O) groups is 1. The average molecular weight is 311 g/mol. The maximum Gasteiger partial charge on any atom is 0.270 e. The van der Waals surface area contributed by atoms with E-state index in [9.17, 15) is 4.79 Å². The van der Waals surface area contributed by atoms with Crippen molar-refractivity contribution >= 4 is 22.6 Å². The molecule has 0 aliphatic rings. The molecule has 1 aromatic heterocycles. The van der Waals surface area contributed by atoms with Crippen LogP contribution in [-0.2, 0) is 6.54 Å². The number of amides is 1. The number of carbonyl (C=O) groups excluding carboxylic acids is 1. The lowest BCUT2D eigenvalue weighted by Gasteiger charge is -2.09. The number of hydrogen-bond acceptors (Lipinski definition) is 5. The summed E-state index contributed by atoms with van der Waals surface area (Å²) in [5, 5.41) is 16.4. The number of nitrogens with one attached hydrogen (secondary N) is 1. The first-order chi connectivity index (χ1) is 11.2. The van der Waals surface area contributed by atoms with E-state index in [-0.39, 0.29) is 11.9 Å². The van der Waals surface area contributed by atoms with Gasteiger partial charge in [-0.1, -0.05) is 36.3 Å². The van der Waals surface area contributed by atoms with E-state index in [0.29, 0.717) is 17.9 Å². The summed E-state index contributed by atoms with van der Waals surface area (Å²) in [6.07, 6.45) is 0.891. The molecule has 0 fully saturated rings. The fraction of sp³-hybridized carbons (Fsp3) is 0.250. The highest BCUT2D eigenvalue weighted by Gasteiger charge is 2.16. The number of methoxy groups -OCH3 is 1. The van der Waals surface area contributed by atoms with E-state index < -0.39 is 0 Å². The second-order valence-electron chi connectivity index (χ2n) is 5.06. The molecule has 0 saturated carbocycles. The Hall–Kier alpha value is -2.96. The zero-order valence-corrected chi connectivity index (χ0v) is 13.0. The van der Waals surface area contributed by atoms with Crippen molar-refractivity contribution in [2.75, 3.05) is 12.4 Å². The minimum atomic E-state index is -0.330. The average Bonchev–Trinajstić information content (AvgIpc) is 3.01. The van der Waals surface area contributed by atoms with Gasteiger partial charge in [-0.25, -0.2) is 0 Å². The molecule has 0 saturated heterocycles. The molecule has 1 heterocycles. The molecule has 0 aliphatic heterocycles. The quantitative estimate of drug-likeness (QED) is 0.783. The van der Waals surface area contributed by atoms with Gasteiger partial charge in [-0.2, -0.15) is 4.80 Å². The second kappa shape index (κ2) is 6.43. The van der Waals surface area contributed by atoms with E-state index >= 15 is 0 Å². The molecule has 0 radical (unpaired) electrons. The largest absolute Gasteiger partial charge is 0.496 e. The summed E-state index contributed by atoms with van der Waals surface area (Å²) in [6.45, 7) is 2.67. The van der Waals surface area contributed by atoms with E-state index in [0.717, 1.165) is 17.2 Å². The topological polar surface area (TPSA) is 81.9 Å². The van der Waals surface area contributed by atoms with Crippen LogP contribution < -0.4 is 10.1 Å². The van der Waals surface area contributed by atoms with Crippen LogP contribution in [0.4, 0.5) is 5.95 Å². The summed E-state index contributed by atoms with van der Waals surface area (Å²) in [5.74, 6) is 0.351. The van der Waals surface area contributed by atoms with E-state index in [1.165, 1.54) is 11.9 Å². The zero-order chi connectivity index (χ0) is 16.2. The van der Waals surface area contributed by atoms with Crippen LogP contribution in [-0.4, -0.2) is 33.2 Å². The molecule has 23 heavy (non-hydrogen) atoms. The van der Waals surface area contributed by atoms with Crippen LogP contribution in [0.1, 0.15) is 23.7 Å². The first kappa shape index (κ1) is 15.0. The van der Waals surface area contributed by atoms with Crippen molar-refractivity contribution in [2.24, 2.45) is 0 Å². The normalized spacial score (nSPS) is 10.7. The minimum absolute atomic E-state index is 0.179. The van der Waals surface area contributed by atoms with Crippen LogP contribution in [0.15, 0.2) is 36.4 Å². The van der Waals surface area contributed by atoms with Crippen LogP contribution in [0, 0.1) is 0 Å².